The largest absolute Gasteiger partial charge is 0.481 e. The molecule has 1 rings (SSSR count). The average Bonchev–Trinajstić information content (AvgIpc) is 2.26. The van der Waals surface area contributed by atoms with E-state index in [0.29, 0.717) is 0 Å². The summed E-state index contributed by atoms with van der Waals surface area (Å²) in [4.78, 5) is 23.2. The van der Waals surface area contributed by atoms with Crippen molar-refractivity contribution in [2.24, 2.45) is 0 Å². The lowest BCUT2D eigenvalue weighted by molar-refractivity contribution is -0.139. The summed E-state index contributed by atoms with van der Waals surface area (Å²) in [5, 5.41) is 15.0. The Balaban J connectivity index is 2.65. The minimum atomic E-state index is -0.847. The third-order valence-electron chi connectivity index (χ3n) is 4.01. The highest BCUT2D eigenvalue weighted by atomic mass is 16.4. The normalized spacial score (nSPS) is 18.4. The number of hydrogen-bond donors (Lipinski definition) is 3. The van der Waals surface area contributed by atoms with Crippen molar-refractivity contribution >= 4 is 12.0 Å². The van der Waals surface area contributed by atoms with E-state index >= 15 is 0 Å². The molecule has 0 bridgehead atoms. The van der Waals surface area contributed by atoms with Gasteiger partial charge in [0.25, 0.3) is 0 Å². The molecule has 0 aromatic carbocycles. The predicted octanol–water partition coefficient (Wildman–Crippen LogP) is 3.04. The topological polar surface area (TPSA) is 78.4 Å². The molecule has 116 valence electrons. The van der Waals surface area contributed by atoms with Crippen LogP contribution in [0.25, 0.3) is 0 Å². The summed E-state index contributed by atoms with van der Waals surface area (Å²) in [7, 11) is 0. The van der Waals surface area contributed by atoms with Gasteiger partial charge in [-0.3, -0.25) is 4.79 Å². The third kappa shape index (κ3) is 5.39. The van der Waals surface area contributed by atoms with Crippen LogP contribution in [0.1, 0.15) is 72.1 Å². The van der Waals surface area contributed by atoms with Gasteiger partial charge in [-0.1, -0.05) is 32.6 Å². The van der Waals surface area contributed by atoms with Crippen molar-refractivity contribution in [1.82, 2.24) is 10.6 Å². The van der Waals surface area contributed by atoms with Crippen LogP contribution in [0.5, 0.6) is 0 Å². The number of hydrogen-bond acceptors (Lipinski definition) is 2. The quantitative estimate of drug-likeness (QED) is 0.701. The second-order valence-corrected chi connectivity index (χ2v) is 6.62. The predicted molar refractivity (Wildman–Crippen MR) is 78.7 cm³/mol. The minimum Gasteiger partial charge on any atom is -0.481 e. The standard InChI is InChI=1S/C15H28N2O3/c1-4-8-14(2,3)16-13(20)17-15(11-12(18)19)9-6-5-7-10-15/h4-11H2,1-3H3,(H,18,19)(H2,16,17,20). The van der Waals surface area contributed by atoms with Crippen molar-refractivity contribution in [1.29, 1.82) is 0 Å². The average molecular weight is 284 g/mol. The van der Waals surface area contributed by atoms with Gasteiger partial charge in [0.2, 0.25) is 0 Å². The first kappa shape index (κ1) is 16.8. The summed E-state index contributed by atoms with van der Waals surface area (Å²) in [6.07, 6.45) is 6.47. The van der Waals surface area contributed by atoms with E-state index in [9.17, 15) is 9.59 Å². The number of carboxylic acids is 1. The molecule has 0 aromatic heterocycles. The summed E-state index contributed by atoms with van der Waals surface area (Å²) in [5.74, 6) is -0.847. The van der Waals surface area contributed by atoms with E-state index in [4.69, 9.17) is 5.11 Å². The number of carbonyl (C=O) groups is 2. The number of carbonyl (C=O) groups excluding carboxylic acids is 1. The van der Waals surface area contributed by atoms with Gasteiger partial charge in [-0.15, -0.1) is 0 Å². The molecule has 1 fully saturated rings. The van der Waals surface area contributed by atoms with Crippen LogP contribution >= 0.6 is 0 Å². The molecule has 0 unspecified atom stereocenters. The highest BCUT2D eigenvalue weighted by molar-refractivity contribution is 5.77. The van der Waals surface area contributed by atoms with Crippen LogP contribution in [0.3, 0.4) is 0 Å². The van der Waals surface area contributed by atoms with E-state index in [1.165, 1.54) is 0 Å². The fraction of sp³-hybridized carbons (Fsp3) is 0.867. The van der Waals surface area contributed by atoms with E-state index in [2.05, 4.69) is 17.6 Å². The molecule has 5 nitrogen and oxygen atoms in total. The maximum absolute atomic E-state index is 12.2. The molecule has 0 saturated heterocycles. The van der Waals surface area contributed by atoms with E-state index in [1.807, 2.05) is 13.8 Å². The fourth-order valence-corrected chi connectivity index (χ4v) is 3.13. The fourth-order valence-electron chi connectivity index (χ4n) is 3.13. The summed E-state index contributed by atoms with van der Waals surface area (Å²) in [5.41, 5.74) is -0.839. The first-order chi connectivity index (χ1) is 9.29. The van der Waals surface area contributed by atoms with Crippen molar-refractivity contribution in [3.8, 4) is 0 Å². The molecule has 5 heteroatoms. The molecule has 1 aliphatic carbocycles. The molecule has 1 saturated carbocycles. The van der Waals surface area contributed by atoms with Gasteiger partial charge in [-0.25, -0.2) is 4.79 Å². The first-order valence-electron chi connectivity index (χ1n) is 7.61. The molecule has 3 N–H and O–H groups in total. The Hall–Kier alpha value is -1.26. The van der Waals surface area contributed by atoms with Crippen LogP contribution in [-0.2, 0) is 4.79 Å². The molecular formula is C15H28N2O3. The van der Waals surface area contributed by atoms with Crippen molar-refractivity contribution in [3.63, 3.8) is 0 Å². The Morgan fingerprint density at radius 3 is 2.30 bits per heavy atom. The van der Waals surface area contributed by atoms with Crippen LogP contribution in [0.2, 0.25) is 0 Å². The summed E-state index contributed by atoms with van der Waals surface area (Å²) >= 11 is 0. The zero-order chi connectivity index (χ0) is 15.2. The second-order valence-electron chi connectivity index (χ2n) is 6.62. The second kappa shape index (κ2) is 6.95. The minimum absolute atomic E-state index is 0.00856. The van der Waals surface area contributed by atoms with Crippen molar-refractivity contribution in [2.45, 2.75) is 83.2 Å². The van der Waals surface area contributed by atoms with E-state index < -0.39 is 11.5 Å². The van der Waals surface area contributed by atoms with Gasteiger partial charge in [-0.05, 0) is 33.1 Å². The number of amides is 2. The molecule has 0 aliphatic heterocycles. The highest BCUT2D eigenvalue weighted by Crippen LogP contribution is 2.31. The molecule has 0 spiro atoms. The Kier molecular flexibility index (Phi) is 5.84. The molecule has 0 heterocycles. The molecule has 0 atom stereocenters. The lowest BCUT2D eigenvalue weighted by Gasteiger charge is -2.38. The molecule has 1 aliphatic rings. The Labute approximate surface area is 121 Å². The van der Waals surface area contributed by atoms with Crippen LogP contribution < -0.4 is 10.6 Å². The van der Waals surface area contributed by atoms with Gasteiger partial charge in [0.15, 0.2) is 0 Å². The van der Waals surface area contributed by atoms with E-state index in [-0.39, 0.29) is 18.0 Å². The number of aliphatic carboxylic acids is 1. The van der Waals surface area contributed by atoms with Gasteiger partial charge < -0.3 is 15.7 Å². The number of carboxylic acid groups (broad SMARTS) is 1. The summed E-state index contributed by atoms with van der Waals surface area (Å²) in [6.45, 7) is 6.05. The van der Waals surface area contributed by atoms with Crippen molar-refractivity contribution < 1.29 is 14.7 Å². The smallest absolute Gasteiger partial charge is 0.315 e. The van der Waals surface area contributed by atoms with Crippen LogP contribution in [-0.4, -0.2) is 28.2 Å². The molecular weight excluding hydrogens is 256 g/mol. The van der Waals surface area contributed by atoms with Crippen molar-refractivity contribution in [2.75, 3.05) is 0 Å². The number of nitrogens with one attached hydrogen (secondary N) is 2. The SMILES string of the molecule is CCCC(C)(C)NC(=O)NC1(CC(=O)O)CCCCC1. The molecule has 2 amide bonds. The first-order valence-corrected chi connectivity index (χ1v) is 7.61. The van der Waals surface area contributed by atoms with Gasteiger partial charge in [0, 0.05) is 5.54 Å². The number of urea groups is 1. The third-order valence-corrected chi connectivity index (χ3v) is 4.01. The zero-order valence-corrected chi connectivity index (χ0v) is 12.9. The van der Waals surface area contributed by atoms with Gasteiger partial charge in [0.05, 0.1) is 12.0 Å². The maximum atomic E-state index is 12.2. The lowest BCUT2D eigenvalue weighted by atomic mass is 9.79. The Morgan fingerprint density at radius 1 is 1.20 bits per heavy atom. The van der Waals surface area contributed by atoms with Gasteiger partial charge >= 0.3 is 12.0 Å². The molecule has 20 heavy (non-hydrogen) atoms. The highest BCUT2D eigenvalue weighted by Gasteiger charge is 2.36. The number of rotatable bonds is 6. The van der Waals surface area contributed by atoms with Gasteiger partial charge in [0.1, 0.15) is 0 Å². The molecule has 0 radical (unpaired) electrons. The van der Waals surface area contributed by atoms with Crippen LogP contribution in [0.15, 0.2) is 0 Å². The summed E-state index contributed by atoms with van der Waals surface area (Å²) in [6, 6.07) is -0.244. The maximum Gasteiger partial charge on any atom is 0.315 e. The monoisotopic (exact) mass is 284 g/mol. The van der Waals surface area contributed by atoms with Gasteiger partial charge in [-0.2, -0.15) is 0 Å². The van der Waals surface area contributed by atoms with E-state index in [0.717, 1.165) is 44.9 Å². The van der Waals surface area contributed by atoms with Crippen molar-refractivity contribution in [3.05, 3.63) is 0 Å². The van der Waals surface area contributed by atoms with Crippen LogP contribution in [0, 0.1) is 0 Å². The Bertz CT molecular complexity index is 347. The lowest BCUT2D eigenvalue weighted by Crippen LogP contribution is -2.57. The summed E-state index contributed by atoms with van der Waals surface area (Å²) < 4.78 is 0. The van der Waals surface area contributed by atoms with E-state index in [1.54, 1.807) is 0 Å². The van der Waals surface area contributed by atoms with Crippen LogP contribution in [0.4, 0.5) is 4.79 Å². The zero-order valence-electron chi connectivity index (χ0n) is 12.9. The Morgan fingerprint density at radius 2 is 1.80 bits per heavy atom. The molecule has 0 aromatic rings.